The fourth-order valence-corrected chi connectivity index (χ4v) is 5.31. The highest BCUT2D eigenvalue weighted by Gasteiger charge is 2.24. The molecule has 0 bridgehead atoms. The van der Waals surface area contributed by atoms with Gasteiger partial charge in [-0.25, -0.2) is 0 Å². The van der Waals surface area contributed by atoms with E-state index in [2.05, 4.69) is 18.1 Å². The molecule has 3 rings (SSSR count). The third-order valence-corrected chi connectivity index (χ3v) is 7.97. The molecule has 0 atom stereocenters. The van der Waals surface area contributed by atoms with E-state index in [1.807, 2.05) is 11.0 Å². The van der Waals surface area contributed by atoms with Gasteiger partial charge in [0.15, 0.2) is 0 Å². The topological polar surface area (TPSA) is 36.1 Å². The predicted molar refractivity (Wildman–Crippen MR) is 91.3 cm³/mol. The second-order valence-electron chi connectivity index (χ2n) is 6.49. The summed E-state index contributed by atoms with van der Waals surface area (Å²) in [5, 5.41) is 1.98. The number of hydrogen-bond donors (Lipinski definition) is 1. The number of fused-ring (bicyclic) bond motifs is 1. The molecule has 0 aliphatic carbocycles. The number of benzene rings is 1. The van der Waals surface area contributed by atoms with Crippen molar-refractivity contribution in [1.82, 2.24) is 9.88 Å². The second kappa shape index (κ2) is 5.34. The average molecular weight is 341 g/mol. The summed E-state index contributed by atoms with van der Waals surface area (Å²) < 4.78 is 0. The number of aromatic nitrogens is 1. The van der Waals surface area contributed by atoms with Gasteiger partial charge in [-0.1, -0.05) is 23.2 Å². The maximum Gasteiger partial charge on any atom is 0.270 e. The molecule has 1 aliphatic heterocycles. The van der Waals surface area contributed by atoms with E-state index < -0.39 is 8.07 Å². The van der Waals surface area contributed by atoms with E-state index in [9.17, 15) is 4.79 Å². The Morgan fingerprint density at radius 1 is 1.19 bits per heavy atom. The molecule has 1 aliphatic rings. The molecule has 113 valence electrons. The van der Waals surface area contributed by atoms with Crippen LogP contribution in [-0.4, -0.2) is 37.0 Å². The monoisotopic (exact) mass is 340 g/mol. The van der Waals surface area contributed by atoms with Gasteiger partial charge in [-0.15, -0.1) is 20.2 Å². The van der Waals surface area contributed by atoms with E-state index in [-0.39, 0.29) is 5.91 Å². The van der Waals surface area contributed by atoms with Crippen molar-refractivity contribution in [2.45, 2.75) is 25.2 Å². The van der Waals surface area contributed by atoms with Gasteiger partial charge in [0.1, 0.15) is 5.69 Å². The van der Waals surface area contributed by atoms with Gasteiger partial charge < -0.3 is 9.88 Å². The number of nitrogens with one attached hydrogen (secondary N) is 1. The lowest BCUT2D eigenvalue weighted by atomic mass is 10.2. The Kier molecular flexibility index (Phi) is 3.80. The second-order valence-corrected chi connectivity index (χ2v) is 12.7. The lowest BCUT2D eigenvalue weighted by molar-refractivity contribution is 0.0760. The van der Waals surface area contributed by atoms with Crippen LogP contribution in [0, 0.1) is 0 Å². The number of halogens is 2. The zero-order chi connectivity index (χ0) is 15.2. The van der Waals surface area contributed by atoms with Gasteiger partial charge in [-0.3, -0.25) is 4.79 Å². The van der Waals surface area contributed by atoms with Crippen LogP contribution < -0.4 is 0 Å². The van der Waals surface area contributed by atoms with Crippen molar-refractivity contribution in [3.63, 3.8) is 0 Å². The molecule has 1 fully saturated rings. The zero-order valence-corrected chi connectivity index (χ0v) is 14.7. The van der Waals surface area contributed by atoms with Gasteiger partial charge in [-0.05, 0) is 31.3 Å². The van der Waals surface area contributed by atoms with E-state index in [0.29, 0.717) is 15.7 Å². The maximum absolute atomic E-state index is 12.6. The highest BCUT2D eigenvalue weighted by molar-refractivity contribution is 6.77. The van der Waals surface area contributed by atoms with E-state index in [1.54, 1.807) is 12.1 Å². The van der Waals surface area contributed by atoms with Crippen molar-refractivity contribution in [1.29, 1.82) is 0 Å². The highest BCUT2D eigenvalue weighted by Crippen LogP contribution is 2.29. The Bertz CT molecular complexity index is 701. The Labute approximate surface area is 135 Å². The van der Waals surface area contributed by atoms with Crippen molar-refractivity contribution < 1.29 is 4.79 Å². The molecule has 1 aromatic heterocycles. The molecule has 2 aromatic rings. The Morgan fingerprint density at radius 2 is 1.86 bits per heavy atom. The highest BCUT2D eigenvalue weighted by atomic mass is 35.5. The van der Waals surface area contributed by atoms with Crippen molar-refractivity contribution in [2.75, 3.05) is 13.1 Å². The maximum atomic E-state index is 12.6. The van der Waals surface area contributed by atoms with Gasteiger partial charge >= 0.3 is 0 Å². The molecule has 1 amide bonds. The van der Waals surface area contributed by atoms with Crippen molar-refractivity contribution in [3.8, 4) is 0 Å². The van der Waals surface area contributed by atoms with Gasteiger partial charge in [0, 0.05) is 15.9 Å². The molecule has 0 unspecified atom stereocenters. The number of H-pyrrole nitrogens is 1. The van der Waals surface area contributed by atoms with Gasteiger partial charge in [0.25, 0.3) is 5.91 Å². The summed E-state index contributed by atoms with van der Waals surface area (Å²) in [7, 11) is -1.07. The van der Waals surface area contributed by atoms with Crippen LogP contribution >= 0.6 is 23.2 Å². The fraction of sp³-hybridized carbons (Fsp3) is 0.400. The largest absolute Gasteiger partial charge is 0.350 e. The van der Waals surface area contributed by atoms with Crippen molar-refractivity contribution in [2.24, 2.45) is 0 Å². The van der Waals surface area contributed by atoms with Crippen LogP contribution in [0.5, 0.6) is 0 Å². The normalized spacial score (nSPS) is 18.2. The fourth-order valence-electron chi connectivity index (χ4n) is 2.76. The number of carbonyl (C=O) groups excluding carboxylic acids is 1. The minimum absolute atomic E-state index is 0.0582. The molecule has 0 spiro atoms. The van der Waals surface area contributed by atoms with E-state index >= 15 is 0 Å². The summed E-state index contributed by atoms with van der Waals surface area (Å²) in [6.07, 6.45) is 0. The Hall–Kier alpha value is -0.973. The molecular weight excluding hydrogens is 323 g/mol. The number of amides is 1. The van der Waals surface area contributed by atoms with Crippen LogP contribution in [0.2, 0.25) is 35.2 Å². The van der Waals surface area contributed by atoms with Crippen molar-refractivity contribution in [3.05, 3.63) is 33.9 Å². The first-order chi connectivity index (χ1) is 9.85. The van der Waals surface area contributed by atoms with Gasteiger partial charge in [0.2, 0.25) is 0 Å². The minimum atomic E-state index is -1.07. The Balaban J connectivity index is 1.87. The lowest BCUT2D eigenvalue weighted by Gasteiger charge is -2.43. The SMILES string of the molecule is C[Si-]1(C)CCN(C(=O)c2cc3c(Cl)cc(Cl)cc3[nH]2)CC1. The first-order valence-electron chi connectivity index (χ1n) is 7.13. The minimum Gasteiger partial charge on any atom is -0.350 e. The summed E-state index contributed by atoms with van der Waals surface area (Å²) in [5.74, 6) is 0.0582. The summed E-state index contributed by atoms with van der Waals surface area (Å²) in [6.45, 7) is 6.50. The number of nitrogens with zero attached hydrogens (tertiary/aromatic N) is 1. The average Bonchev–Trinajstić information content (AvgIpc) is 2.82. The standard InChI is InChI=1S/C15H18Cl2N2OSi/c1-21(2)5-3-19(4-6-21)15(20)14-9-11-12(17)7-10(16)8-13(11)18-14/h7-9,18H,3-6H2,1-2H3/q-1. The first-order valence-corrected chi connectivity index (χ1v) is 11.3. The van der Waals surface area contributed by atoms with Crippen LogP contribution in [0.25, 0.3) is 10.9 Å². The molecule has 2 heterocycles. The van der Waals surface area contributed by atoms with Crippen LogP contribution in [0.4, 0.5) is 0 Å². The van der Waals surface area contributed by atoms with Crippen LogP contribution in [0.3, 0.4) is 0 Å². The molecule has 0 saturated carbocycles. The van der Waals surface area contributed by atoms with Gasteiger partial charge in [-0.2, -0.15) is 13.1 Å². The number of hydrogen-bond acceptors (Lipinski definition) is 1. The van der Waals surface area contributed by atoms with E-state index in [1.165, 1.54) is 12.1 Å². The summed E-state index contributed by atoms with van der Waals surface area (Å²) in [4.78, 5) is 17.7. The zero-order valence-electron chi connectivity index (χ0n) is 12.2. The van der Waals surface area contributed by atoms with Crippen LogP contribution in [0.1, 0.15) is 10.5 Å². The first kappa shape index (κ1) is 14.9. The third-order valence-electron chi connectivity index (χ3n) is 4.29. The molecule has 1 saturated heterocycles. The lowest BCUT2D eigenvalue weighted by Crippen LogP contribution is -2.45. The smallest absolute Gasteiger partial charge is 0.270 e. The van der Waals surface area contributed by atoms with Crippen molar-refractivity contribution >= 4 is 48.1 Å². The molecule has 6 heteroatoms. The van der Waals surface area contributed by atoms with E-state index in [4.69, 9.17) is 23.2 Å². The number of aromatic amines is 1. The molecule has 21 heavy (non-hydrogen) atoms. The number of carbonyl (C=O) groups is 1. The van der Waals surface area contributed by atoms with Crippen LogP contribution in [-0.2, 0) is 0 Å². The molecule has 3 nitrogen and oxygen atoms in total. The third kappa shape index (κ3) is 2.98. The molecule has 1 aromatic carbocycles. The predicted octanol–water partition coefficient (Wildman–Crippen LogP) is 4.64. The summed E-state index contributed by atoms with van der Waals surface area (Å²) in [5.41, 5.74) is 1.40. The summed E-state index contributed by atoms with van der Waals surface area (Å²) in [6, 6.07) is 7.67. The Morgan fingerprint density at radius 3 is 2.52 bits per heavy atom. The molecule has 0 radical (unpaired) electrons. The molecule has 1 N–H and O–H groups in total. The van der Waals surface area contributed by atoms with Crippen LogP contribution in [0.15, 0.2) is 18.2 Å². The quantitative estimate of drug-likeness (QED) is 0.754. The van der Waals surface area contributed by atoms with Gasteiger partial charge in [0.05, 0.1) is 5.02 Å². The summed E-state index contributed by atoms with van der Waals surface area (Å²) >= 11 is 12.2. The molecular formula is C15H18Cl2N2OSi-. The van der Waals surface area contributed by atoms with E-state index in [0.717, 1.165) is 24.0 Å². The number of rotatable bonds is 1.